The van der Waals surface area contributed by atoms with Crippen molar-refractivity contribution in [1.82, 2.24) is 9.78 Å². The molecule has 0 aliphatic carbocycles. The second-order valence-electron chi connectivity index (χ2n) is 7.44. The van der Waals surface area contributed by atoms with Gasteiger partial charge in [-0.25, -0.2) is 4.79 Å². The number of nitrogens with zero attached hydrogens (tertiary/aromatic N) is 2. The fraction of sp³-hybridized carbons (Fsp3) is 0.185. The molecule has 4 aromatic rings. The minimum absolute atomic E-state index is 0.319. The summed E-state index contributed by atoms with van der Waals surface area (Å²) in [5.74, 6) is 0.629. The van der Waals surface area contributed by atoms with E-state index in [0.29, 0.717) is 13.2 Å². The van der Waals surface area contributed by atoms with Gasteiger partial charge in [-0.05, 0) is 59.0 Å². The van der Waals surface area contributed by atoms with Gasteiger partial charge in [0.05, 0.1) is 13.2 Å². The summed E-state index contributed by atoms with van der Waals surface area (Å²) in [5.41, 5.74) is 3.52. The maximum atomic E-state index is 11.8. The zero-order chi connectivity index (χ0) is 22.2. The van der Waals surface area contributed by atoms with E-state index < -0.39 is 0 Å². The van der Waals surface area contributed by atoms with E-state index in [1.807, 2.05) is 29.9 Å². The molecule has 0 fully saturated rings. The molecule has 0 bridgehead atoms. The van der Waals surface area contributed by atoms with Crippen LogP contribution in [0.5, 0.6) is 0 Å². The Morgan fingerprint density at radius 3 is 2.69 bits per heavy atom. The molecule has 0 aliphatic heterocycles. The van der Waals surface area contributed by atoms with Crippen molar-refractivity contribution in [3.63, 3.8) is 0 Å². The minimum atomic E-state index is -0.319. The van der Waals surface area contributed by atoms with Crippen LogP contribution in [0.3, 0.4) is 0 Å². The van der Waals surface area contributed by atoms with Crippen molar-refractivity contribution < 1.29 is 9.53 Å². The molecular formula is C27H26N2O2S. The van der Waals surface area contributed by atoms with E-state index in [2.05, 4.69) is 65.8 Å². The molecule has 0 atom stereocenters. The molecule has 0 amide bonds. The Kier molecular flexibility index (Phi) is 7.41. The molecule has 0 spiro atoms. The summed E-state index contributed by atoms with van der Waals surface area (Å²) in [6.45, 7) is 2.90. The van der Waals surface area contributed by atoms with Gasteiger partial charge in [0.25, 0.3) is 0 Å². The van der Waals surface area contributed by atoms with Gasteiger partial charge in [-0.1, -0.05) is 54.6 Å². The van der Waals surface area contributed by atoms with Gasteiger partial charge in [0.1, 0.15) is 0 Å². The van der Waals surface area contributed by atoms with Crippen LogP contribution in [0, 0.1) is 0 Å². The van der Waals surface area contributed by atoms with Gasteiger partial charge >= 0.3 is 5.97 Å². The molecule has 32 heavy (non-hydrogen) atoms. The molecule has 162 valence electrons. The molecule has 0 saturated carbocycles. The first-order valence-electron chi connectivity index (χ1n) is 10.8. The number of benzene rings is 3. The average Bonchev–Trinajstić information content (AvgIpc) is 3.32. The van der Waals surface area contributed by atoms with Crippen LogP contribution in [0.4, 0.5) is 0 Å². The van der Waals surface area contributed by atoms with Crippen molar-refractivity contribution in [2.45, 2.75) is 24.8 Å². The molecule has 0 unspecified atom stereocenters. The largest absolute Gasteiger partial charge is 0.463 e. The van der Waals surface area contributed by atoms with Gasteiger partial charge in [-0.15, -0.1) is 11.8 Å². The zero-order valence-electron chi connectivity index (χ0n) is 18.1. The highest BCUT2D eigenvalue weighted by atomic mass is 32.2. The number of carbonyl (C=O) groups excluding carboxylic acids is 1. The number of hydrogen-bond donors (Lipinski definition) is 0. The molecule has 4 nitrogen and oxygen atoms in total. The van der Waals surface area contributed by atoms with Crippen LogP contribution in [0.15, 0.2) is 90.1 Å². The van der Waals surface area contributed by atoms with Gasteiger partial charge in [0, 0.05) is 29.1 Å². The highest BCUT2D eigenvalue weighted by Crippen LogP contribution is 2.27. The predicted molar refractivity (Wildman–Crippen MR) is 132 cm³/mol. The third-order valence-corrected chi connectivity index (χ3v) is 6.20. The van der Waals surface area contributed by atoms with Gasteiger partial charge < -0.3 is 4.74 Å². The van der Waals surface area contributed by atoms with Crippen molar-refractivity contribution in [2.24, 2.45) is 0 Å². The normalized spacial score (nSPS) is 11.3. The van der Waals surface area contributed by atoms with Gasteiger partial charge in [-0.2, -0.15) is 5.10 Å². The molecular weight excluding hydrogens is 416 g/mol. The van der Waals surface area contributed by atoms with E-state index in [1.54, 1.807) is 18.0 Å². The van der Waals surface area contributed by atoms with E-state index in [1.165, 1.54) is 28.0 Å². The van der Waals surface area contributed by atoms with E-state index in [4.69, 9.17) is 4.74 Å². The van der Waals surface area contributed by atoms with E-state index >= 15 is 0 Å². The molecule has 3 aromatic carbocycles. The van der Waals surface area contributed by atoms with Gasteiger partial charge in [0.2, 0.25) is 0 Å². The van der Waals surface area contributed by atoms with Crippen LogP contribution in [0.1, 0.15) is 23.6 Å². The van der Waals surface area contributed by atoms with E-state index in [9.17, 15) is 4.79 Å². The van der Waals surface area contributed by atoms with Gasteiger partial charge in [0.15, 0.2) is 0 Å². The second kappa shape index (κ2) is 10.8. The van der Waals surface area contributed by atoms with E-state index in [-0.39, 0.29) is 5.97 Å². The third-order valence-electron chi connectivity index (χ3n) is 5.13. The number of fused-ring (bicyclic) bond motifs is 1. The summed E-state index contributed by atoms with van der Waals surface area (Å²) >= 11 is 1.81. The van der Waals surface area contributed by atoms with Crippen molar-refractivity contribution in [1.29, 1.82) is 0 Å². The molecule has 5 heteroatoms. The molecule has 0 saturated heterocycles. The highest BCUT2D eigenvalue weighted by Gasteiger charge is 2.06. The zero-order valence-corrected chi connectivity index (χ0v) is 18.9. The molecule has 4 rings (SSSR count). The number of hydrogen-bond acceptors (Lipinski definition) is 4. The maximum Gasteiger partial charge on any atom is 0.330 e. The molecule has 0 aliphatic rings. The van der Waals surface area contributed by atoms with Crippen LogP contribution >= 0.6 is 11.8 Å². The Labute approximate surface area is 192 Å². The van der Waals surface area contributed by atoms with Crippen LogP contribution in [0.25, 0.3) is 16.8 Å². The fourth-order valence-corrected chi connectivity index (χ4v) is 4.64. The summed E-state index contributed by atoms with van der Waals surface area (Å²) in [7, 11) is 0. The number of rotatable bonds is 9. The smallest absolute Gasteiger partial charge is 0.330 e. The Bertz CT molecular complexity index is 1220. The first-order valence-corrected chi connectivity index (χ1v) is 11.8. The first kappa shape index (κ1) is 21.9. The summed E-state index contributed by atoms with van der Waals surface area (Å²) in [5, 5.41) is 6.84. The Morgan fingerprint density at radius 2 is 1.88 bits per heavy atom. The third kappa shape index (κ3) is 5.89. The van der Waals surface area contributed by atoms with Crippen LogP contribution in [-0.4, -0.2) is 28.1 Å². The molecule has 0 radical (unpaired) electrons. The summed E-state index contributed by atoms with van der Waals surface area (Å²) in [4.78, 5) is 12.9. The van der Waals surface area contributed by atoms with Crippen LogP contribution in [0.2, 0.25) is 0 Å². The van der Waals surface area contributed by atoms with Gasteiger partial charge in [-0.3, -0.25) is 4.68 Å². The average molecular weight is 443 g/mol. The van der Waals surface area contributed by atoms with Crippen molar-refractivity contribution in [2.75, 3.05) is 12.4 Å². The van der Waals surface area contributed by atoms with Crippen LogP contribution < -0.4 is 0 Å². The highest BCUT2D eigenvalue weighted by molar-refractivity contribution is 7.99. The molecule has 0 N–H and O–H groups in total. The summed E-state index contributed by atoms with van der Waals surface area (Å²) in [6.07, 6.45) is 8.06. The number of carbonyl (C=O) groups is 1. The standard InChI is InChI=1S/C27H26N2O2S/c1-2-31-27(30)13-12-24-11-9-22(20-29-16-5-15-28-29)19-26(24)32-17-14-21-8-10-23-6-3-4-7-25(23)18-21/h3-13,15-16,18-19H,2,14,17,20H2,1H3. The lowest BCUT2D eigenvalue weighted by atomic mass is 10.1. The second-order valence-corrected chi connectivity index (χ2v) is 8.58. The molecule has 1 aromatic heterocycles. The lowest BCUT2D eigenvalue weighted by Gasteiger charge is -2.10. The first-order chi connectivity index (χ1) is 15.7. The summed E-state index contributed by atoms with van der Waals surface area (Å²) < 4.78 is 6.94. The lowest BCUT2D eigenvalue weighted by molar-refractivity contribution is -0.137. The number of aromatic nitrogens is 2. The fourth-order valence-electron chi connectivity index (χ4n) is 3.54. The Hall–Kier alpha value is -3.31. The Morgan fingerprint density at radius 1 is 1.03 bits per heavy atom. The Balaban J connectivity index is 1.49. The predicted octanol–water partition coefficient (Wildman–Crippen LogP) is 6.00. The lowest BCUT2D eigenvalue weighted by Crippen LogP contribution is -2.01. The van der Waals surface area contributed by atoms with Crippen LogP contribution in [-0.2, 0) is 22.5 Å². The number of aryl methyl sites for hydroxylation is 1. The quantitative estimate of drug-likeness (QED) is 0.181. The topological polar surface area (TPSA) is 44.1 Å². The number of esters is 1. The van der Waals surface area contributed by atoms with E-state index in [0.717, 1.165) is 22.6 Å². The minimum Gasteiger partial charge on any atom is -0.463 e. The van der Waals surface area contributed by atoms with Crippen molar-refractivity contribution in [3.05, 3.63) is 102 Å². The summed E-state index contributed by atoms with van der Waals surface area (Å²) in [6, 6.07) is 23.4. The number of ether oxygens (including phenoxy) is 1. The SMILES string of the molecule is CCOC(=O)C=Cc1ccc(Cn2cccn2)cc1SCCc1ccc2ccccc2c1. The van der Waals surface area contributed by atoms with Crippen molar-refractivity contribution >= 4 is 34.6 Å². The maximum absolute atomic E-state index is 11.8. The van der Waals surface area contributed by atoms with Crippen molar-refractivity contribution in [3.8, 4) is 0 Å². The molecule has 1 heterocycles. The number of thioether (sulfide) groups is 1. The monoisotopic (exact) mass is 442 g/mol.